The molecular formula is C13H15N5O7. The smallest absolute Gasteiger partial charge is 0.433 e. The van der Waals surface area contributed by atoms with Crippen molar-refractivity contribution in [3.63, 3.8) is 0 Å². The molecule has 2 rings (SSSR count). The van der Waals surface area contributed by atoms with Crippen LogP contribution >= 0.6 is 0 Å². The summed E-state index contributed by atoms with van der Waals surface area (Å²) in [4.78, 5) is 45.8. The van der Waals surface area contributed by atoms with E-state index in [2.05, 4.69) is 15.2 Å². The number of nitrogens with one attached hydrogen (secondary N) is 1. The number of alkyl carbamates (subject to hydrolysis) is 1. The number of hydrogen-bond donors (Lipinski definition) is 1. The third-order valence-electron chi connectivity index (χ3n) is 3.03. The Morgan fingerprint density at radius 1 is 1.52 bits per heavy atom. The molecule has 12 heteroatoms. The molecule has 134 valence electrons. The fourth-order valence-electron chi connectivity index (χ4n) is 1.93. The van der Waals surface area contributed by atoms with E-state index in [1.165, 1.54) is 6.07 Å². The molecule has 0 atom stereocenters. The van der Waals surface area contributed by atoms with Crippen molar-refractivity contribution in [1.29, 1.82) is 0 Å². The Morgan fingerprint density at radius 3 is 2.92 bits per heavy atom. The van der Waals surface area contributed by atoms with E-state index in [9.17, 15) is 24.5 Å². The van der Waals surface area contributed by atoms with Gasteiger partial charge in [0.25, 0.3) is 5.91 Å². The van der Waals surface area contributed by atoms with Gasteiger partial charge in [-0.25, -0.2) is 14.6 Å². The zero-order valence-electron chi connectivity index (χ0n) is 13.2. The number of furan rings is 1. The van der Waals surface area contributed by atoms with Gasteiger partial charge < -0.3 is 14.5 Å². The number of ether oxygens (including phenoxy) is 1. The Bertz CT molecular complexity index is 713. The quantitative estimate of drug-likeness (QED) is 0.325. The van der Waals surface area contributed by atoms with Crippen molar-refractivity contribution < 1.29 is 28.5 Å². The summed E-state index contributed by atoms with van der Waals surface area (Å²) in [5, 5.41) is 17.6. The lowest BCUT2D eigenvalue weighted by Gasteiger charge is -2.14. The summed E-state index contributed by atoms with van der Waals surface area (Å²) in [6.45, 7) is 1.59. The Balaban J connectivity index is 1.90. The summed E-state index contributed by atoms with van der Waals surface area (Å²) in [6, 6.07) is 1.78. The molecule has 1 N–H and O–H groups in total. The van der Waals surface area contributed by atoms with E-state index in [-0.39, 0.29) is 32.0 Å². The van der Waals surface area contributed by atoms with Crippen molar-refractivity contribution in [3.05, 3.63) is 28.0 Å². The molecule has 1 aromatic heterocycles. The van der Waals surface area contributed by atoms with Gasteiger partial charge in [0.2, 0.25) is 0 Å². The van der Waals surface area contributed by atoms with Gasteiger partial charge in [0.1, 0.15) is 11.5 Å². The minimum Gasteiger partial charge on any atom is -0.450 e. The van der Waals surface area contributed by atoms with Crippen molar-refractivity contribution in [1.82, 2.24) is 15.2 Å². The molecule has 1 aliphatic heterocycles. The predicted octanol–water partition coefficient (Wildman–Crippen LogP) is 0.532. The highest BCUT2D eigenvalue weighted by molar-refractivity contribution is 6.02. The third kappa shape index (κ3) is 4.53. The highest BCUT2D eigenvalue weighted by atomic mass is 16.6. The third-order valence-corrected chi connectivity index (χ3v) is 3.03. The maximum atomic E-state index is 12.1. The van der Waals surface area contributed by atoms with Gasteiger partial charge in [-0.15, -0.1) is 0 Å². The first-order valence-electron chi connectivity index (χ1n) is 7.23. The van der Waals surface area contributed by atoms with Crippen molar-refractivity contribution >= 4 is 30.1 Å². The topological polar surface area (TPSA) is 148 Å². The summed E-state index contributed by atoms with van der Waals surface area (Å²) >= 11 is 0. The Labute approximate surface area is 141 Å². The average Bonchev–Trinajstić information content (AvgIpc) is 3.13. The summed E-state index contributed by atoms with van der Waals surface area (Å²) in [5.74, 6) is -0.885. The predicted molar refractivity (Wildman–Crippen MR) is 81.8 cm³/mol. The van der Waals surface area contributed by atoms with Gasteiger partial charge in [-0.2, -0.15) is 5.10 Å². The fraction of sp³-hybridized carbons (Fsp3) is 0.385. The maximum Gasteiger partial charge on any atom is 0.433 e. The van der Waals surface area contributed by atoms with Gasteiger partial charge in [0.15, 0.2) is 5.76 Å². The minimum absolute atomic E-state index is 0.0330. The molecule has 0 aromatic carbocycles. The van der Waals surface area contributed by atoms with E-state index in [0.29, 0.717) is 0 Å². The van der Waals surface area contributed by atoms with Gasteiger partial charge in [-0.3, -0.25) is 19.8 Å². The second kappa shape index (κ2) is 7.90. The Morgan fingerprint density at radius 2 is 2.28 bits per heavy atom. The average molecular weight is 353 g/mol. The normalized spacial score (nSPS) is 14.4. The molecule has 1 aliphatic rings. The lowest BCUT2D eigenvalue weighted by atomic mass is 10.5. The van der Waals surface area contributed by atoms with Crippen molar-refractivity contribution in [3.8, 4) is 0 Å². The SMILES string of the molecule is CCOC(=O)NCCN1C(=O)CN(N=Cc2ccc([N+](=O)[O-])o2)C1=O. The lowest BCUT2D eigenvalue weighted by molar-refractivity contribution is -0.402. The van der Waals surface area contributed by atoms with E-state index in [0.717, 1.165) is 22.2 Å². The molecule has 4 amide bonds. The minimum atomic E-state index is -0.708. The van der Waals surface area contributed by atoms with E-state index < -0.39 is 28.8 Å². The van der Waals surface area contributed by atoms with Crippen LogP contribution in [-0.4, -0.2) is 65.3 Å². The van der Waals surface area contributed by atoms with Gasteiger partial charge in [0, 0.05) is 13.1 Å². The van der Waals surface area contributed by atoms with E-state index in [1.807, 2.05) is 0 Å². The van der Waals surface area contributed by atoms with E-state index >= 15 is 0 Å². The molecule has 0 unspecified atom stereocenters. The van der Waals surface area contributed by atoms with Crippen LogP contribution in [0, 0.1) is 10.1 Å². The molecule has 0 aliphatic carbocycles. The van der Waals surface area contributed by atoms with Crippen molar-refractivity contribution in [2.75, 3.05) is 26.2 Å². The maximum absolute atomic E-state index is 12.1. The highest BCUT2D eigenvalue weighted by Gasteiger charge is 2.35. The van der Waals surface area contributed by atoms with Crippen LogP contribution in [0.5, 0.6) is 0 Å². The second-order valence-corrected chi connectivity index (χ2v) is 4.71. The van der Waals surface area contributed by atoms with Gasteiger partial charge in [-0.1, -0.05) is 0 Å². The zero-order chi connectivity index (χ0) is 18.4. The van der Waals surface area contributed by atoms with Crippen molar-refractivity contribution in [2.45, 2.75) is 6.92 Å². The van der Waals surface area contributed by atoms with Gasteiger partial charge >= 0.3 is 18.0 Å². The molecule has 1 aromatic rings. The van der Waals surface area contributed by atoms with Crippen LogP contribution in [0.25, 0.3) is 0 Å². The number of nitrogens with zero attached hydrogens (tertiary/aromatic N) is 4. The Hall–Kier alpha value is -3.44. The van der Waals surface area contributed by atoms with Crippen LogP contribution in [0.15, 0.2) is 21.7 Å². The Kier molecular flexibility index (Phi) is 5.66. The van der Waals surface area contributed by atoms with E-state index in [1.54, 1.807) is 6.92 Å². The monoisotopic (exact) mass is 353 g/mol. The molecule has 0 saturated carbocycles. The molecule has 25 heavy (non-hydrogen) atoms. The lowest BCUT2D eigenvalue weighted by Crippen LogP contribution is -2.39. The summed E-state index contributed by atoms with van der Waals surface area (Å²) in [5.41, 5.74) is 0. The molecule has 2 heterocycles. The first-order valence-corrected chi connectivity index (χ1v) is 7.23. The number of hydrogen-bond acceptors (Lipinski definition) is 8. The van der Waals surface area contributed by atoms with Crippen LogP contribution in [0.2, 0.25) is 0 Å². The van der Waals surface area contributed by atoms with E-state index in [4.69, 9.17) is 4.42 Å². The summed E-state index contributed by atoms with van der Waals surface area (Å²) < 4.78 is 9.52. The highest BCUT2D eigenvalue weighted by Crippen LogP contribution is 2.15. The molecule has 1 fully saturated rings. The van der Waals surface area contributed by atoms with Crippen LogP contribution < -0.4 is 5.32 Å². The van der Waals surface area contributed by atoms with Crippen molar-refractivity contribution in [2.24, 2.45) is 5.10 Å². The molecular weight excluding hydrogens is 338 g/mol. The number of amides is 4. The number of rotatable bonds is 7. The van der Waals surface area contributed by atoms with Crippen LogP contribution in [0.4, 0.5) is 15.5 Å². The number of hydrazone groups is 1. The largest absolute Gasteiger partial charge is 0.450 e. The van der Waals surface area contributed by atoms with Crippen LogP contribution in [-0.2, 0) is 9.53 Å². The molecule has 0 spiro atoms. The fourth-order valence-corrected chi connectivity index (χ4v) is 1.93. The first kappa shape index (κ1) is 17.9. The molecule has 1 saturated heterocycles. The zero-order valence-corrected chi connectivity index (χ0v) is 13.2. The molecule has 0 bridgehead atoms. The summed E-state index contributed by atoms with van der Waals surface area (Å²) in [7, 11) is 0. The first-order chi connectivity index (χ1) is 11.9. The van der Waals surface area contributed by atoms with Gasteiger partial charge in [0.05, 0.1) is 18.9 Å². The van der Waals surface area contributed by atoms with Crippen LogP contribution in [0.1, 0.15) is 12.7 Å². The second-order valence-electron chi connectivity index (χ2n) is 4.71. The number of imide groups is 1. The molecule has 12 nitrogen and oxygen atoms in total. The van der Waals surface area contributed by atoms with Gasteiger partial charge in [-0.05, 0) is 13.0 Å². The summed E-state index contributed by atoms with van der Waals surface area (Å²) in [6.07, 6.45) is 0.453. The standard InChI is InChI=1S/C13H15N5O7/c1-2-24-12(20)14-5-6-16-10(19)8-17(13(16)21)15-7-9-3-4-11(25-9)18(22)23/h3-4,7H,2,5-6,8H2,1H3,(H,14,20). The van der Waals surface area contributed by atoms with Crippen LogP contribution in [0.3, 0.4) is 0 Å². The number of carbonyl (C=O) groups is 3. The number of urea groups is 1. The number of nitro groups is 1. The number of carbonyl (C=O) groups excluding carboxylic acids is 3. The molecule has 0 radical (unpaired) electrons.